The van der Waals surface area contributed by atoms with E-state index in [0.717, 1.165) is 12.8 Å². The van der Waals surface area contributed by atoms with Crippen LogP contribution in [0.15, 0.2) is 53.4 Å². The minimum atomic E-state index is -3.64. The van der Waals surface area contributed by atoms with Crippen LogP contribution in [0.2, 0.25) is 0 Å². The molecular weight excluding hydrogens is 392 g/mol. The Hall–Kier alpha value is -2.58. The Balaban J connectivity index is 1.75. The Kier molecular flexibility index (Phi) is 6.76. The van der Waals surface area contributed by atoms with Gasteiger partial charge in [0.1, 0.15) is 11.5 Å². The number of hydrogen-bond donors (Lipinski definition) is 1. The number of carbonyl (C=O) groups is 1. The number of nitrogens with zero attached hydrogens (tertiary/aromatic N) is 1. The first-order valence-electron chi connectivity index (χ1n) is 9.54. The zero-order valence-corrected chi connectivity index (χ0v) is 17.4. The zero-order chi connectivity index (χ0) is 20.9. The molecule has 0 radical (unpaired) electrons. The minimum absolute atomic E-state index is 0.0846. The van der Waals surface area contributed by atoms with Gasteiger partial charge in [-0.3, -0.25) is 4.79 Å². The van der Waals surface area contributed by atoms with Crippen LogP contribution in [-0.4, -0.2) is 45.4 Å². The molecule has 1 N–H and O–H groups in total. The van der Waals surface area contributed by atoms with Crippen LogP contribution in [-0.2, 0) is 14.8 Å². The summed E-state index contributed by atoms with van der Waals surface area (Å²) in [6, 6.07) is 13.1. The van der Waals surface area contributed by atoms with Gasteiger partial charge in [0.2, 0.25) is 15.9 Å². The van der Waals surface area contributed by atoms with Crippen molar-refractivity contribution in [3.05, 3.63) is 48.5 Å². The van der Waals surface area contributed by atoms with Crippen LogP contribution in [0.1, 0.15) is 25.7 Å². The van der Waals surface area contributed by atoms with E-state index in [1.165, 1.54) is 11.4 Å². The lowest BCUT2D eigenvalue weighted by atomic mass is 10.0. The average molecular weight is 419 g/mol. The van der Waals surface area contributed by atoms with Gasteiger partial charge in [-0.25, -0.2) is 8.42 Å². The Morgan fingerprint density at radius 1 is 1.10 bits per heavy atom. The fourth-order valence-electron chi connectivity index (χ4n) is 3.54. The van der Waals surface area contributed by atoms with Gasteiger partial charge in [0.25, 0.3) is 0 Å². The average Bonchev–Trinajstić information content (AvgIpc) is 2.75. The van der Waals surface area contributed by atoms with Gasteiger partial charge in [0.05, 0.1) is 24.8 Å². The van der Waals surface area contributed by atoms with E-state index in [0.29, 0.717) is 30.2 Å². The van der Waals surface area contributed by atoms with Crippen LogP contribution in [0.25, 0.3) is 0 Å². The molecule has 1 amide bonds. The molecule has 1 heterocycles. The van der Waals surface area contributed by atoms with Gasteiger partial charge in [-0.15, -0.1) is 0 Å². The summed E-state index contributed by atoms with van der Waals surface area (Å²) in [7, 11) is -0.572. The Morgan fingerprint density at radius 2 is 1.86 bits per heavy atom. The normalized spacial score (nSPS) is 17.5. The molecule has 2 aromatic carbocycles. The molecular formula is C21H26N2O5S. The maximum atomic E-state index is 13.1. The monoisotopic (exact) mass is 418 g/mol. The van der Waals surface area contributed by atoms with Crippen molar-refractivity contribution in [1.29, 1.82) is 0 Å². The quantitative estimate of drug-likeness (QED) is 0.746. The van der Waals surface area contributed by atoms with Crippen LogP contribution < -0.4 is 14.8 Å². The number of methoxy groups -OCH3 is 2. The van der Waals surface area contributed by atoms with Gasteiger partial charge < -0.3 is 14.8 Å². The predicted molar refractivity (Wildman–Crippen MR) is 111 cm³/mol. The van der Waals surface area contributed by atoms with E-state index in [-0.39, 0.29) is 23.3 Å². The lowest BCUT2D eigenvalue weighted by Gasteiger charge is -2.34. The van der Waals surface area contributed by atoms with Gasteiger partial charge in [0.15, 0.2) is 0 Å². The molecule has 1 aliphatic rings. The Bertz CT molecular complexity index is 947. The number of amides is 1. The maximum absolute atomic E-state index is 13.1. The number of piperidine rings is 1. The van der Waals surface area contributed by atoms with Crippen molar-refractivity contribution in [1.82, 2.24) is 4.31 Å². The molecule has 0 bridgehead atoms. The summed E-state index contributed by atoms with van der Waals surface area (Å²) in [5.74, 6) is 0.844. The first-order valence-corrected chi connectivity index (χ1v) is 11.0. The second kappa shape index (κ2) is 9.28. The van der Waals surface area contributed by atoms with E-state index in [1.807, 2.05) is 0 Å². The van der Waals surface area contributed by atoms with E-state index < -0.39 is 10.0 Å². The summed E-state index contributed by atoms with van der Waals surface area (Å²) in [6.07, 6.45) is 2.42. The summed E-state index contributed by atoms with van der Waals surface area (Å²) in [5, 5.41) is 2.83. The van der Waals surface area contributed by atoms with E-state index in [2.05, 4.69) is 5.32 Å². The molecule has 8 heteroatoms. The highest BCUT2D eigenvalue weighted by molar-refractivity contribution is 7.89. The van der Waals surface area contributed by atoms with Gasteiger partial charge in [-0.2, -0.15) is 4.31 Å². The summed E-state index contributed by atoms with van der Waals surface area (Å²) < 4.78 is 38.1. The molecule has 0 saturated carbocycles. The van der Waals surface area contributed by atoms with Crippen molar-refractivity contribution >= 4 is 21.6 Å². The molecule has 1 saturated heterocycles. The number of hydrogen-bond acceptors (Lipinski definition) is 5. The second-order valence-corrected chi connectivity index (χ2v) is 8.79. The molecule has 1 unspecified atom stereocenters. The van der Waals surface area contributed by atoms with E-state index in [4.69, 9.17) is 9.47 Å². The van der Waals surface area contributed by atoms with Crippen molar-refractivity contribution in [3.8, 4) is 11.5 Å². The van der Waals surface area contributed by atoms with Gasteiger partial charge in [0, 0.05) is 25.1 Å². The molecule has 0 aromatic heterocycles. The maximum Gasteiger partial charge on any atom is 0.243 e. The van der Waals surface area contributed by atoms with Crippen molar-refractivity contribution in [2.45, 2.75) is 36.6 Å². The van der Waals surface area contributed by atoms with E-state index in [1.54, 1.807) is 55.6 Å². The lowest BCUT2D eigenvalue weighted by molar-refractivity contribution is -0.117. The molecule has 156 valence electrons. The highest BCUT2D eigenvalue weighted by Gasteiger charge is 2.34. The number of nitrogens with one attached hydrogen (secondary N) is 1. The lowest BCUT2D eigenvalue weighted by Crippen LogP contribution is -2.45. The second-order valence-electron chi connectivity index (χ2n) is 6.90. The Morgan fingerprint density at radius 3 is 2.55 bits per heavy atom. The third-order valence-corrected chi connectivity index (χ3v) is 6.99. The van der Waals surface area contributed by atoms with Crippen LogP contribution in [0.3, 0.4) is 0 Å². The van der Waals surface area contributed by atoms with Crippen LogP contribution >= 0.6 is 0 Å². The first-order chi connectivity index (χ1) is 14.0. The van der Waals surface area contributed by atoms with Crippen molar-refractivity contribution in [2.24, 2.45) is 0 Å². The molecule has 0 spiro atoms. The van der Waals surface area contributed by atoms with Crippen LogP contribution in [0, 0.1) is 0 Å². The zero-order valence-electron chi connectivity index (χ0n) is 16.6. The summed E-state index contributed by atoms with van der Waals surface area (Å²) >= 11 is 0. The molecule has 2 aromatic rings. The van der Waals surface area contributed by atoms with Gasteiger partial charge in [-0.1, -0.05) is 24.6 Å². The number of anilines is 1. The third-order valence-electron chi connectivity index (χ3n) is 5.03. The Labute approximate surface area is 171 Å². The number of benzene rings is 2. The molecule has 29 heavy (non-hydrogen) atoms. The molecule has 1 fully saturated rings. The summed E-state index contributed by atoms with van der Waals surface area (Å²) in [4.78, 5) is 12.9. The standard InChI is InChI=1S/C21H26N2O5S/c1-27-17-11-12-19(20(15-17)28-2)22-21(24)14-16-8-6-7-13-23(16)29(25,26)18-9-4-3-5-10-18/h3-5,9-12,15-16H,6-8,13-14H2,1-2H3,(H,22,24). The minimum Gasteiger partial charge on any atom is -0.497 e. The molecule has 7 nitrogen and oxygen atoms in total. The van der Waals surface area contributed by atoms with Crippen LogP contribution in [0.4, 0.5) is 5.69 Å². The summed E-state index contributed by atoms with van der Waals surface area (Å²) in [5.41, 5.74) is 0.520. The molecule has 1 atom stereocenters. The molecule has 3 rings (SSSR count). The summed E-state index contributed by atoms with van der Waals surface area (Å²) in [6.45, 7) is 0.418. The smallest absolute Gasteiger partial charge is 0.243 e. The van der Waals surface area contributed by atoms with E-state index in [9.17, 15) is 13.2 Å². The van der Waals surface area contributed by atoms with Gasteiger partial charge >= 0.3 is 0 Å². The number of carbonyl (C=O) groups excluding carboxylic acids is 1. The van der Waals surface area contributed by atoms with Crippen molar-refractivity contribution in [2.75, 3.05) is 26.1 Å². The third kappa shape index (κ3) is 4.89. The van der Waals surface area contributed by atoms with Crippen molar-refractivity contribution < 1.29 is 22.7 Å². The SMILES string of the molecule is COc1ccc(NC(=O)CC2CCCCN2S(=O)(=O)c2ccccc2)c(OC)c1. The fraction of sp³-hybridized carbons (Fsp3) is 0.381. The number of sulfonamides is 1. The molecule has 0 aliphatic carbocycles. The number of rotatable bonds is 7. The highest BCUT2D eigenvalue weighted by atomic mass is 32.2. The number of ether oxygens (including phenoxy) is 2. The van der Waals surface area contributed by atoms with Crippen molar-refractivity contribution in [3.63, 3.8) is 0 Å². The molecule has 1 aliphatic heterocycles. The fourth-order valence-corrected chi connectivity index (χ4v) is 5.25. The topological polar surface area (TPSA) is 84.9 Å². The largest absolute Gasteiger partial charge is 0.497 e. The van der Waals surface area contributed by atoms with E-state index >= 15 is 0 Å². The van der Waals surface area contributed by atoms with Crippen LogP contribution in [0.5, 0.6) is 11.5 Å². The van der Waals surface area contributed by atoms with Gasteiger partial charge in [-0.05, 0) is 37.1 Å². The predicted octanol–water partition coefficient (Wildman–Crippen LogP) is 3.28. The highest BCUT2D eigenvalue weighted by Crippen LogP contribution is 2.31. The first kappa shape index (κ1) is 21.1.